The van der Waals surface area contributed by atoms with Gasteiger partial charge in [-0.1, -0.05) is 12.1 Å². The van der Waals surface area contributed by atoms with Gasteiger partial charge in [0.2, 0.25) is 0 Å². The summed E-state index contributed by atoms with van der Waals surface area (Å²) in [4.78, 5) is 13.9. The van der Waals surface area contributed by atoms with Crippen LogP contribution in [0.3, 0.4) is 0 Å². The predicted octanol–water partition coefficient (Wildman–Crippen LogP) is 1.96. The summed E-state index contributed by atoms with van der Waals surface area (Å²) in [6.07, 6.45) is 4.07. The number of carbonyl (C=O) groups excluding carboxylic acids is 1. The first-order chi connectivity index (χ1) is 9.67. The molecule has 4 nitrogen and oxygen atoms in total. The lowest BCUT2D eigenvalue weighted by atomic mass is 9.99. The van der Waals surface area contributed by atoms with Crippen LogP contribution in [0.2, 0.25) is 0 Å². The maximum absolute atomic E-state index is 11.4. The fraction of sp³-hybridized carbons (Fsp3) is 0.562. The van der Waals surface area contributed by atoms with Gasteiger partial charge in [0.25, 0.3) is 0 Å². The van der Waals surface area contributed by atoms with Gasteiger partial charge < -0.3 is 9.84 Å². The molecule has 0 radical (unpaired) electrons. The number of aliphatic hydroxyl groups excluding tert-OH is 1. The van der Waals surface area contributed by atoms with Crippen LogP contribution in [-0.4, -0.2) is 41.3 Å². The van der Waals surface area contributed by atoms with Crippen LogP contribution in [-0.2, 0) is 11.3 Å². The molecule has 2 fully saturated rings. The maximum Gasteiger partial charge on any atom is 0.337 e. The Morgan fingerprint density at radius 2 is 1.85 bits per heavy atom. The van der Waals surface area contributed by atoms with Crippen molar-refractivity contribution in [1.82, 2.24) is 4.90 Å². The number of ether oxygens (including phenoxy) is 1. The summed E-state index contributed by atoms with van der Waals surface area (Å²) in [5.74, 6) is -0.294. The fourth-order valence-electron chi connectivity index (χ4n) is 3.58. The average molecular weight is 275 g/mol. The van der Waals surface area contributed by atoms with Crippen LogP contribution in [0.1, 0.15) is 41.6 Å². The highest BCUT2D eigenvalue weighted by Gasteiger charge is 2.39. The van der Waals surface area contributed by atoms with E-state index < -0.39 is 0 Å². The second kappa shape index (κ2) is 5.54. The Balaban J connectivity index is 1.68. The Hall–Kier alpha value is -1.39. The number of fused-ring (bicyclic) bond motifs is 2. The Morgan fingerprint density at radius 1 is 1.25 bits per heavy atom. The number of hydrogen-bond acceptors (Lipinski definition) is 4. The van der Waals surface area contributed by atoms with Gasteiger partial charge in [-0.15, -0.1) is 0 Å². The third-order valence-electron chi connectivity index (χ3n) is 4.60. The standard InChI is InChI=1S/C16H21NO3/c1-20-16(19)12-4-2-11(3-5-12)10-17-13-6-7-14(17)9-15(18)8-13/h2-5,13-15,18H,6-10H2,1H3. The van der Waals surface area contributed by atoms with E-state index in [0.29, 0.717) is 17.6 Å². The fourth-order valence-corrected chi connectivity index (χ4v) is 3.58. The first kappa shape index (κ1) is 13.6. The third-order valence-corrected chi connectivity index (χ3v) is 4.60. The molecule has 1 aromatic rings. The van der Waals surface area contributed by atoms with E-state index in [9.17, 15) is 9.90 Å². The Bertz CT molecular complexity index is 471. The first-order valence-corrected chi connectivity index (χ1v) is 7.28. The number of methoxy groups -OCH3 is 1. The average Bonchev–Trinajstić information content (AvgIpc) is 2.70. The molecule has 1 N–H and O–H groups in total. The minimum absolute atomic E-state index is 0.120. The van der Waals surface area contributed by atoms with E-state index in [0.717, 1.165) is 19.4 Å². The van der Waals surface area contributed by atoms with Gasteiger partial charge in [-0.25, -0.2) is 4.79 Å². The highest BCUT2D eigenvalue weighted by atomic mass is 16.5. The molecule has 4 heteroatoms. The zero-order valence-corrected chi connectivity index (χ0v) is 11.8. The number of aliphatic hydroxyl groups is 1. The summed E-state index contributed by atoms with van der Waals surface area (Å²) in [5, 5.41) is 9.82. The quantitative estimate of drug-likeness (QED) is 0.857. The molecule has 2 bridgehead atoms. The molecule has 0 aromatic heterocycles. The summed E-state index contributed by atoms with van der Waals surface area (Å²) in [6, 6.07) is 8.67. The van der Waals surface area contributed by atoms with Crippen LogP contribution in [0.25, 0.3) is 0 Å². The lowest BCUT2D eigenvalue weighted by Gasteiger charge is -2.37. The summed E-state index contributed by atoms with van der Waals surface area (Å²) in [6.45, 7) is 0.906. The Labute approximate surface area is 119 Å². The number of piperidine rings is 1. The van der Waals surface area contributed by atoms with Crippen molar-refractivity contribution in [3.05, 3.63) is 35.4 Å². The molecule has 2 unspecified atom stereocenters. The van der Waals surface area contributed by atoms with Crippen molar-refractivity contribution in [2.75, 3.05) is 7.11 Å². The molecule has 0 spiro atoms. The smallest absolute Gasteiger partial charge is 0.337 e. The van der Waals surface area contributed by atoms with Crippen LogP contribution in [0, 0.1) is 0 Å². The molecule has 0 amide bonds. The van der Waals surface area contributed by atoms with Gasteiger partial charge in [-0.05, 0) is 43.4 Å². The lowest BCUT2D eigenvalue weighted by molar-refractivity contribution is 0.0310. The van der Waals surface area contributed by atoms with E-state index in [1.807, 2.05) is 24.3 Å². The van der Waals surface area contributed by atoms with Crippen LogP contribution in [0.15, 0.2) is 24.3 Å². The number of carbonyl (C=O) groups is 1. The molecule has 2 aliphatic rings. The molecule has 3 rings (SSSR count). The summed E-state index contributed by atoms with van der Waals surface area (Å²) in [5.41, 5.74) is 1.80. The van der Waals surface area contributed by atoms with Crippen molar-refractivity contribution in [2.45, 2.75) is 50.4 Å². The number of esters is 1. The van der Waals surface area contributed by atoms with Gasteiger partial charge >= 0.3 is 5.97 Å². The van der Waals surface area contributed by atoms with Gasteiger partial charge in [0.15, 0.2) is 0 Å². The normalized spacial score (nSPS) is 29.4. The number of nitrogens with zero attached hydrogens (tertiary/aromatic N) is 1. The summed E-state index contributed by atoms with van der Waals surface area (Å²) >= 11 is 0. The van der Waals surface area contributed by atoms with Gasteiger partial charge in [0.05, 0.1) is 18.8 Å². The number of rotatable bonds is 3. The van der Waals surface area contributed by atoms with Crippen molar-refractivity contribution >= 4 is 5.97 Å². The van der Waals surface area contributed by atoms with E-state index in [1.54, 1.807) is 0 Å². The minimum Gasteiger partial charge on any atom is -0.465 e. The molecule has 0 saturated carbocycles. The lowest BCUT2D eigenvalue weighted by Crippen LogP contribution is -2.44. The molecule has 2 aliphatic heterocycles. The van der Waals surface area contributed by atoms with Crippen molar-refractivity contribution < 1.29 is 14.6 Å². The summed E-state index contributed by atoms with van der Waals surface area (Å²) in [7, 11) is 1.40. The van der Waals surface area contributed by atoms with Crippen molar-refractivity contribution in [3.8, 4) is 0 Å². The molecule has 2 atom stereocenters. The zero-order valence-electron chi connectivity index (χ0n) is 11.8. The molecule has 2 heterocycles. The van der Waals surface area contributed by atoms with Crippen molar-refractivity contribution in [3.63, 3.8) is 0 Å². The molecule has 2 saturated heterocycles. The topological polar surface area (TPSA) is 49.8 Å². The second-order valence-electron chi connectivity index (χ2n) is 5.87. The highest BCUT2D eigenvalue weighted by molar-refractivity contribution is 5.89. The van der Waals surface area contributed by atoms with E-state index in [4.69, 9.17) is 4.74 Å². The van der Waals surface area contributed by atoms with Gasteiger partial charge in [-0.3, -0.25) is 4.90 Å². The molecule has 1 aromatic carbocycles. The van der Waals surface area contributed by atoms with E-state index in [2.05, 4.69) is 4.90 Å². The highest BCUT2D eigenvalue weighted by Crippen LogP contribution is 2.36. The predicted molar refractivity (Wildman–Crippen MR) is 75.4 cm³/mol. The first-order valence-electron chi connectivity index (χ1n) is 7.28. The molecule has 108 valence electrons. The van der Waals surface area contributed by atoms with Crippen LogP contribution in [0.5, 0.6) is 0 Å². The van der Waals surface area contributed by atoms with Gasteiger partial charge in [-0.2, -0.15) is 0 Å². The largest absolute Gasteiger partial charge is 0.465 e. The third kappa shape index (κ3) is 2.58. The Kier molecular flexibility index (Phi) is 3.76. The second-order valence-corrected chi connectivity index (χ2v) is 5.87. The van der Waals surface area contributed by atoms with Gasteiger partial charge in [0, 0.05) is 18.6 Å². The van der Waals surface area contributed by atoms with E-state index in [1.165, 1.54) is 25.5 Å². The van der Waals surface area contributed by atoms with E-state index >= 15 is 0 Å². The van der Waals surface area contributed by atoms with Crippen molar-refractivity contribution in [1.29, 1.82) is 0 Å². The monoisotopic (exact) mass is 275 g/mol. The summed E-state index contributed by atoms with van der Waals surface area (Å²) < 4.78 is 4.70. The molecule has 0 aliphatic carbocycles. The number of hydrogen-bond donors (Lipinski definition) is 1. The van der Waals surface area contributed by atoms with Crippen LogP contribution < -0.4 is 0 Å². The van der Waals surface area contributed by atoms with Crippen molar-refractivity contribution in [2.24, 2.45) is 0 Å². The van der Waals surface area contributed by atoms with Crippen LogP contribution in [0.4, 0.5) is 0 Å². The molecular weight excluding hydrogens is 254 g/mol. The number of benzene rings is 1. The SMILES string of the molecule is COC(=O)c1ccc(CN2C3CCC2CC(O)C3)cc1. The zero-order chi connectivity index (χ0) is 14.1. The Morgan fingerprint density at radius 3 is 2.40 bits per heavy atom. The van der Waals surface area contributed by atoms with E-state index in [-0.39, 0.29) is 12.1 Å². The van der Waals surface area contributed by atoms with Gasteiger partial charge in [0.1, 0.15) is 0 Å². The maximum atomic E-state index is 11.4. The molecule has 20 heavy (non-hydrogen) atoms. The molecular formula is C16H21NO3. The minimum atomic E-state index is -0.294. The van der Waals surface area contributed by atoms with Crippen LogP contribution >= 0.6 is 0 Å².